The summed E-state index contributed by atoms with van der Waals surface area (Å²) in [5.41, 5.74) is 2.39. The maximum absolute atomic E-state index is 11.9. The van der Waals surface area contributed by atoms with Crippen LogP contribution in [0.1, 0.15) is 21.5 Å². The number of esters is 1. The monoisotopic (exact) mass is 286 g/mol. The molecule has 3 nitrogen and oxygen atoms in total. The molecule has 2 aromatic carbocycles. The Labute approximate surface area is 123 Å². The van der Waals surface area contributed by atoms with Crippen molar-refractivity contribution in [2.75, 3.05) is 7.11 Å². The van der Waals surface area contributed by atoms with E-state index >= 15 is 0 Å². The van der Waals surface area contributed by atoms with E-state index in [1.54, 1.807) is 36.4 Å². The van der Waals surface area contributed by atoms with Gasteiger partial charge < -0.3 is 9.47 Å². The molecule has 0 saturated carbocycles. The maximum Gasteiger partial charge on any atom is 0.343 e. The van der Waals surface area contributed by atoms with Crippen LogP contribution in [0.5, 0.6) is 5.75 Å². The topological polar surface area (TPSA) is 35.5 Å². The average molecular weight is 286 g/mol. The second-order valence-corrected chi connectivity index (χ2v) is 4.64. The van der Waals surface area contributed by atoms with Crippen molar-refractivity contribution < 1.29 is 14.3 Å². The van der Waals surface area contributed by atoms with Gasteiger partial charge in [-0.15, -0.1) is 0 Å². The highest BCUT2D eigenvalue weighted by Gasteiger charge is 2.08. The van der Waals surface area contributed by atoms with Crippen LogP contribution in [-0.2, 0) is 4.74 Å². The fraction of sp³-hybridized carbons (Fsp3) is 0.125. The van der Waals surface area contributed by atoms with Crippen molar-refractivity contribution in [1.82, 2.24) is 0 Å². The molecule has 102 valence electrons. The molecule has 4 heteroatoms. The number of methoxy groups -OCH3 is 1. The standard InChI is InChI=1S/C16H14O3S/c1-11-3-5-12(6-4-11)15(17)19-14-9-7-13(8-10-14)16(20)18-2/h3-10H,1-2H3. The smallest absolute Gasteiger partial charge is 0.343 e. The first-order valence-electron chi connectivity index (χ1n) is 6.07. The summed E-state index contributed by atoms with van der Waals surface area (Å²) in [4.78, 5) is 11.9. The van der Waals surface area contributed by atoms with Crippen LogP contribution in [0.4, 0.5) is 0 Å². The Kier molecular flexibility index (Phi) is 4.48. The highest BCUT2D eigenvalue weighted by molar-refractivity contribution is 7.80. The number of carbonyl (C=O) groups excluding carboxylic acids is 1. The van der Waals surface area contributed by atoms with Gasteiger partial charge in [0.05, 0.1) is 12.7 Å². The van der Waals surface area contributed by atoms with Gasteiger partial charge in [0.2, 0.25) is 0 Å². The average Bonchev–Trinajstić information content (AvgIpc) is 2.48. The second-order valence-electron chi connectivity index (χ2n) is 4.27. The van der Waals surface area contributed by atoms with E-state index in [9.17, 15) is 4.79 Å². The minimum absolute atomic E-state index is 0.382. The van der Waals surface area contributed by atoms with Crippen molar-refractivity contribution >= 4 is 23.2 Å². The van der Waals surface area contributed by atoms with E-state index in [-0.39, 0.29) is 5.97 Å². The van der Waals surface area contributed by atoms with Crippen LogP contribution in [0.25, 0.3) is 0 Å². The van der Waals surface area contributed by atoms with Crippen molar-refractivity contribution in [3.63, 3.8) is 0 Å². The van der Waals surface area contributed by atoms with Crippen LogP contribution < -0.4 is 4.74 Å². The number of ether oxygens (including phenoxy) is 2. The molecule has 0 fully saturated rings. The molecule has 0 aliphatic heterocycles. The van der Waals surface area contributed by atoms with E-state index < -0.39 is 0 Å². The Morgan fingerprint density at radius 3 is 2.05 bits per heavy atom. The molecule has 20 heavy (non-hydrogen) atoms. The molecule has 0 N–H and O–H groups in total. The molecule has 2 rings (SSSR count). The predicted molar refractivity (Wildman–Crippen MR) is 81.3 cm³/mol. The zero-order valence-electron chi connectivity index (χ0n) is 11.3. The van der Waals surface area contributed by atoms with Gasteiger partial charge in [0.25, 0.3) is 0 Å². The van der Waals surface area contributed by atoms with Gasteiger partial charge in [-0.25, -0.2) is 4.79 Å². The van der Waals surface area contributed by atoms with Gasteiger partial charge in [0, 0.05) is 5.56 Å². The number of hydrogen-bond donors (Lipinski definition) is 0. The summed E-state index contributed by atoms with van der Waals surface area (Å²) in [6.45, 7) is 1.96. The summed E-state index contributed by atoms with van der Waals surface area (Å²) in [6, 6.07) is 14.1. The molecule has 0 aromatic heterocycles. The van der Waals surface area contributed by atoms with E-state index in [0.717, 1.165) is 11.1 Å². The van der Waals surface area contributed by atoms with Gasteiger partial charge >= 0.3 is 5.97 Å². The fourth-order valence-electron chi connectivity index (χ4n) is 1.63. The van der Waals surface area contributed by atoms with Gasteiger partial charge in [0.1, 0.15) is 5.75 Å². The maximum atomic E-state index is 11.9. The third-order valence-corrected chi connectivity index (χ3v) is 3.18. The summed E-state index contributed by atoms with van der Waals surface area (Å²) < 4.78 is 10.2. The lowest BCUT2D eigenvalue weighted by Crippen LogP contribution is -2.08. The zero-order chi connectivity index (χ0) is 14.5. The molecular weight excluding hydrogens is 272 g/mol. The first-order valence-corrected chi connectivity index (χ1v) is 6.48. The third-order valence-electron chi connectivity index (χ3n) is 2.77. The lowest BCUT2D eigenvalue weighted by molar-refractivity contribution is 0.0735. The van der Waals surface area contributed by atoms with Crippen molar-refractivity contribution in [2.45, 2.75) is 6.92 Å². The Hall–Kier alpha value is -2.20. The first kappa shape index (κ1) is 14.2. The minimum Gasteiger partial charge on any atom is -0.486 e. The van der Waals surface area contributed by atoms with E-state index in [1.807, 2.05) is 19.1 Å². The van der Waals surface area contributed by atoms with Crippen molar-refractivity contribution in [3.8, 4) is 5.75 Å². The Morgan fingerprint density at radius 1 is 0.950 bits per heavy atom. The Morgan fingerprint density at radius 2 is 1.50 bits per heavy atom. The first-order chi connectivity index (χ1) is 9.60. The van der Waals surface area contributed by atoms with E-state index in [4.69, 9.17) is 21.7 Å². The molecule has 0 unspecified atom stereocenters. The number of carbonyl (C=O) groups is 1. The summed E-state index contributed by atoms with van der Waals surface area (Å²) in [5, 5.41) is 0.404. The molecule has 0 atom stereocenters. The lowest BCUT2D eigenvalue weighted by Gasteiger charge is -2.06. The van der Waals surface area contributed by atoms with Gasteiger partial charge in [-0.1, -0.05) is 17.7 Å². The SMILES string of the molecule is COC(=S)c1ccc(OC(=O)c2ccc(C)cc2)cc1. The van der Waals surface area contributed by atoms with Gasteiger partial charge in [0.15, 0.2) is 5.05 Å². The van der Waals surface area contributed by atoms with Crippen molar-refractivity contribution in [2.24, 2.45) is 0 Å². The summed E-state index contributed by atoms with van der Waals surface area (Å²) in [7, 11) is 1.52. The summed E-state index contributed by atoms with van der Waals surface area (Å²) in [5.74, 6) is 0.0882. The number of benzene rings is 2. The minimum atomic E-state index is -0.382. The number of hydrogen-bond acceptors (Lipinski definition) is 4. The van der Waals surface area contributed by atoms with E-state index in [1.165, 1.54) is 7.11 Å². The van der Waals surface area contributed by atoms with Crippen LogP contribution in [0.3, 0.4) is 0 Å². The molecule has 0 amide bonds. The quantitative estimate of drug-likeness (QED) is 0.491. The molecular formula is C16H14O3S. The molecule has 0 radical (unpaired) electrons. The summed E-state index contributed by atoms with van der Waals surface area (Å²) >= 11 is 5.01. The van der Waals surface area contributed by atoms with Gasteiger partial charge in [-0.05, 0) is 55.5 Å². The number of rotatable bonds is 3. The van der Waals surface area contributed by atoms with Gasteiger partial charge in [-0.2, -0.15) is 0 Å². The number of thiocarbonyl (C=S) groups is 1. The van der Waals surface area contributed by atoms with Crippen LogP contribution in [-0.4, -0.2) is 18.1 Å². The summed E-state index contributed by atoms with van der Waals surface area (Å²) in [6.07, 6.45) is 0. The Balaban J connectivity index is 2.08. The molecule has 0 heterocycles. The number of aryl methyl sites for hydroxylation is 1. The zero-order valence-corrected chi connectivity index (χ0v) is 12.1. The van der Waals surface area contributed by atoms with Crippen molar-refractivity contribution in [1.29, 1.82) is 0 Å². The molecule has 0 aliphatic carbocycles. The van der Waals surface area contributed by atoms with Crippen molar-refractivity contribution in [3.05, 3.63) is 65.2 Å². The Bertz CT molecular complexity index is 615. The molecule has 0 bridgehead atoms. The van der Waals surface area contributed by atoms with Crippen LogP contribution in [0, 0.1) is 6.92 Å². The highest BCUT2D eigenvalue weighted by Crippen LogP contribution is 2.15. The molecule has 0 aliphatic rings. The van der Waals surface area contributed by atoms with E-state index in [0.29, 0.717) is 16.4 Å². The van der Waals surface area contributed by atoms with Gasteiger partial charge in [-0.3, -0.25) is 0 Å². The predicted octanol–water partition coefficient (Wildman–Crippen LogP) is 3.54. The van der Waals surface area contributed by atoms with Crippen LogP contribution >= 0.6 is 12.2 Å². The second kappa shape index (κ2) is 6.30. The largest absolute Gasteiger partial charge is 0.486 e. The highest BCUT2D eigenvalue weighted by atomic mass is 32.1. The van der Waals surface area contributed by atoms with E-state index in [2.05, 4.69) is 0 Å². The van der Waals surface area contributed by atoms with Crippen LogP contribution in [0.15, 0.2) is 48.5 Å². The van der Waals surface area contributed by atoms with Crippen LogP contribution in [0.2, 0.25) is 0 Å². The fourth-order valence-corrected chi connectivity index (χ4v) is 1.77. The third kappa shape index (κ3) is 3.42. The lowest BCUT2D eigenvalue weighted by atomic mass is 10.1. The molecule has 2 aromatic rings. The molecule has 0 spiro atoms. The normalized spacial score (nSPS) is 9.90. The molecule has 0 saturated heterocycles.